The molecule has 1 rings (SSSR count). The van der Waals surface area contributed by atoms with Gasteiger partial charge in [0.25, 0.3) is 0 Å². The van der Waals surface area contributed by atoms with Crippen LogP contribution in [0.4, 0.5) is 5.13 Å². The van der Waals surface area contributed by atoms with Gasteiger partial charge in [0.05, 0.1) is 0 Å². The van der Waals surface area contributed by atoms with Crippen molar-refractivity contribution in [3.05, 3.63) is 5.82 Å². The van der Waals surface area contributed by atoms with Gasteiger partial charge in [-0.1, -0.05) is 13.3 Å². The van der Waals surface area contributed by atoms with Gasteiger partial charge in [-0.3, -0.25) is 0 Å². The summed E-state index contributed by atoms with van der Waals surface area (Å²) in [6, 6.07) is 0. The highest BCUT2D eigenvalue weighted by atomic mass is 32.1. The van der Waals surface area contributed by atoms with Crippen LogP contribution < -0.4 is 11.1 Å². The fourth-order valence-electron chi connectivity index (χ4n) is 1.59. The highest BCUT2D eigenvalue weighted by molar-refractivity contribution is 7.09. The molecule has 0 spiro atoms. The molecule has 1 unspecified atom stereocenters. The molecule has 1 atom stereocenters. The number of aryl methyl sites for hydroxylation is 1. The third kappa shape index (κ3) is 4.57. The van der Waals surface area contributed by atoms with Crippen molar-refractivity contribution in [2.45, 2.75) is 33.1 Å². The molecule has 3 N–H and O–H groups in total. The van der Waals surface area contributed by atoms with Gasteiger partial charge >= 0.3 is 0 Å². The Balaban J connectivity index is 2.32. The minimum Gasteiger partial charge on any atom is -0.360 e. The van der Waals surface area contributed by atoms with Crippen molar-refractivity contribution < 1.29 is 0 Å². The van der Waals surface area contributed by atoms with E-state index in [0.717, 1.165) is 30.5 Å². The molecule has 0 saturated carbocycles. The van der Waals surface area contributed by atoms with Gasteiger partial charge < -0.3 is 11.1 Å². The minimum atomic E-state index is 0.657. The molecule has 0 bridgehead atoms. The number of hydrogen-bond donors (Lipinski definition) is 2. The molecule has 5 heteroatoms. The van der Waals surface area contributed by atoms with Gasteiger partial charge in [-0.25, -0.2) is 4.98 Å². The third-order valence-electron chi connectivity index (χ3n) is 2.34. The summed E-state index contributed by atoms with van der Waals surface area (Å²) >= 11 is 1.42. The summed E-state index contributed by atoms with van der Waals surface area (Å²) in [5.41, 5.74) is 5.58. The van der Waals surface area contributed by atoms with Crippen molar-refractivity contribution in [3.8, 4) is 0 Å². The summed E-state index contributed by atoms with van der Waals surface area (Å²) in [5.74, 6) is 1.50. The van der Waals surface area contributed by atoms with E-state index < -0.39 is 0 Å². The summed E-state index contributed by atoms with van der Waals surface area (Å²) in [6.45, 7) is 5.84. The van der Waals surface area contributed by atoms with Crippen LogP contribution in [0.1, 0.15) is 32.0 Å². The molecule has 1 aromatic heterocycles. The lowest BCUT2D eigenvalue weighted by Crippen LogP contribution is -2.17. The first-order chi connectivity index (χ1) is 7.26. The predicted molar refractivity (Wildman–Crippen MR) is 65.2 cm³/mol. The molecule has 86 valence electrons. The van der Waals surface area contributed by atoms with Gasteiger partial charge in [0.15, 0.2) is 0 Å². The smallest absolute Gasteiger partial charge is 0.202 e. The zero-order chi connectivity index (χ0) is 11.1. The first-order valence-electron chi connectivity index (χ1n) is 5.50. The monoisotopic (exact) mass is 228 g/mol. The molecular formula is C10H20N4S. The molecule has 0 fully saturated rings. The Morgan fingerprint density at radius 3 is 2.80 bits per heavy atom. The van der Waals surface area contributed by atoms with Crippen molar-refractivity contribution in [2.24, 2.45) is 11.7 Å². The Morgan fingerprint density at radius 1 is 1.47 bits per heavy atom. The highest BCUT2D eigenvalue weighted by Crippen LogP contribution is 2.14. The average molecular weight is 228 g/mol. The fraction of sp³-hybridized carbons (Fsp3) is 0.800. The van der Waals surface area contributed by atoms with Gasteiger partial charge in [-0.05, 0) is 32.2 Å². The van der Waals surface area contributed by atoms with Crippen molar-refractivity contribution in [3.63, 3.8) is 0 Å². The van der Waals surface area contributed by atoms with E-state index in [1.54, 1.807) is 0 Å². The Hall–Kier alpha value is -0.680. The lowest BCUT2D eigenvalue weighted by Gasteiger charge is -2.14. The number of aromatic nitrogens is 2. The van der Waals surface area contributed by atoms with Crippen LogP contribution in [0.2, 0.25) is 0 Å². The summed E-state index contributed by atoms with van der Waals surface area (Å²) < 4.78 is 4.13. The van der Waals surface area contributed by atoms with Crippen LogP contribution in [0.3, 0.4) is 0 Å². The van der Waals surface area contributed by atoms with E-state index in [1.165, 1.54) is 24.4 Å². The summed E-state index contributed by atoms with van der Waals surface area (Å²) in [7, 11) is 0. The first kappa shape index (κ1) is 12.4. The molecule has 0 saturated heterocycles. The average Bonchev–Trinajstić information content (AvgIpc) is 2.61. The molecule has 0 radical (unpaired) electrons. The van der Waals surface area contributed by atoms with Gasteiger partial charge in [-0.15, -0.1) is 0 Å². The van der Waals surface area contributed by atoms with Crippen LogP contribution in [0.5, 0.6) is 0 Å². The largest absolute Gasteiger partial charge is 0.360 e. The van der Waals surface area contributed by atoms with Crippen LogP contribution in [0, 0.1) is 12.8 Å². The van der Waals surface area contributed by atoms with Crippen molar-refractivity contribution in [1.82, 2.24) is 9.36 Å². The van der Waals surface area contributed by atoms with Gasteiger partial charge in [0.1, 0.15) is 5.82 Å². The van der Waals surface area contributed by atoms with E-state index in [0.29, 0.717) is 5.92 Å². The Bertz CT molecular complexity index is 268. The maximum Gasteiger partial charge on any atom is 0.202 e. The SMILES string of the molecule is CCCC(CCN)CNc1nc(C)ns1. The number of rotatable bonds is 7. The minimum absolute atomic E-state index is 0.657. The normalized spacial score (nSPS) is 12.7. The quantitative estimate of drug-likeness (QED) is 0.749. The summed E-state index contributed by atoms with van der Waals surface area (Å²) in [6.07, 6.45) is 3.52. The summed E-state index contributed by atoms with van der Waals surface area (Å²) in [5, 5.41) is 4.25. The number of nitrogens with one attached hydrogen (secondary N) is 1. The lowest BCUT2D eigenvalue weighted by molar-refractivity contribution is 0.473. The van der Waals surface area contributed by atoms with Crippen LogP contribution in [0.15, 0.2) is 0 Å². The van der Waals surface area contributed by atoms with E-state index in [9.17, 15) is 0 Å². The van der Waals surface area contributed by atoms with Crippen LogP contribution in [0.25, 0.3) is 0 Å². The van der Waals surface area contributed by atoms with Gasteiger partial charge in [0, 0.05) is 18.1 Å². The van der Waals surface area contributed by atoms with E-state index in [1.807, 2.05) is 6.92 Å². The van der Waals surface area contributed by atoms with E-state index >= 15 is 0 Å². The Morgan fingerprint density at radius 2 is 2.27 bits per heavy atom. The number of anilines is 1. The first-order valence-corrected chi connectivity index (χ1v) is 6.27. The predicted octanol–water partition coefficient (Wildman–Crippen LogP) is 2.02. The lowest BCUT2D eigenvalue weighted by atomic mass is 10.00. The maximum absolute atomic E-state index is 5.58. The molecule has 0 aliphatic carbocycles. The number of hydrogen-bond acceptors (Lipinski definition) is 5. The second kappa shape index (κ2) is 6.74. The zero-order valence-corrected chi connectivity index (χ0v) is 10.3. The topological polar surface area (TPSA) is 63.8 Å². The zero-order valence-electron chi connectivity index (χ0n) is 9.49. The van der Waals surface area contributed by atoms with Gasteiger partial charge in [0.2, 0.25) is 5.13 Å². The van der Waals surface area contributed by atoms with Crippen molar-refractivity contribution in [1.29, 1.82) is 0 Å². The highest BCUT2D eigenvalue weighted by Gasteiger charge is 2.07. The molecule has 0 aliphatic rings. The van der Waals surface area contributed by atoms with E-state index in [4.69, 9.17) is 5.73 Å². The molecule has 0 aromatic carbocycles. The van der Waals surface area contributed by atoms with Crippen LogP contribution in [-0.4, -0.2) is 22.4 Å². The van der Waals surface area contributed by atoms with Crippen molar-refractivity contribution in [2.75, 3.05) is 18.4 Å². The molecule has 0 amide bonds. The van der Waals surface area contributed by atoms with Crippen LogP contribution >= 0.6 is 11.5 Å². The maximum atomic E-state index is 5.58. The van der Waals surface area contributed by atoms with E-state index in [2.05, 4.69) is 21.6 Å². The standard InChI is InChI=1S/C10H20N4S/c1-3-4-9(5-6-11)7-12-10-13-8(2)14-15-10/h9H,3-7,11H2,1-2H3,(H,12,13,14). The molecule has 4 nitrogen and oxygen atoms in total. The third-order valence-corrected chi connectivity index (χ3v) is 3.11. The van der Waals surface area contributed by atoms with Crippen molar-refractivity contribution >= 4 is 16.7 Å². The molecule has 1 heterocycles. The summed E-state index contributed by atoms with van der Waals surface area (Å²) in [4.78, 5) is 4.27. The Kier molecular flexibility index (Phi) is 5.57. The number of nitrogens with two attached hydrogens (primary N) is 1. The molecule has 15 heavy (non-hydrogen) atoms. The molecular weight excluding hydrogens is 208 g/mol. The Labute approximate surface area is 95.5 Å². The second-order valence-electron chi connectivity index (χ2n) is 3.76. The fourth-order valence-corrected chi connectivity index (χ4v) is 2.17. The second-order valence-corrected chi connectivity index (χ2v) is 4.51. The van der Waals surface area contributed by atoms with Gasteiger partial charge in [-0.2, -0.15) is 4.37 Å². The molecule has 0 aliphatic heterocycles. The number of nitrogens with zero attached hydrogens (tertiary/aromatic N) is 2. The molecule has 1 aromatic rings. The van der Waals surface area contributed by atoms with E-state index in [-0.39, 0.29) is 0 Å². The van der Waals surface area contributed by atoms with Crippen LogP contribution in [-0.2, 0) is 0 Å².